The summed E-state index contributed by atoms with van der Waals surface area (Å²) in [6, 6.07) is 0.303. The van der Waals surface area contributed by atoms with E-state index in [1.165, 1.54) is 6.42 Å². The number of hydrogen-bond acceptors (Lipinski definition) is 8. The Morgan fingerprint density at radius 2 is 1.95 bits per heavy atom. The fourth-order valence-corrected chi connectivity index (χ4v) is 2.13. The molecule has 19 heavy (non-hydrogen) atoms. The summed E-state index contributed by atoms with van der Waals surface area (Å²) in [7, 11) is 0. The molecule has 0 spiro atoms. The number of hydrazine groups is 1. The van der Waals surface area contributed by atoms with Crippen molar-refractivity contribution >= 4 is 11.9 Å². The number of nitrogens with one attached hydrogen (secondary N) is 1. The van der Waals surface area contributed by atoms with Crippen molar-refractivity contribution in [1.82, 2.24) is 15.0 Å². The highest BCUT2D eigenvalue weighted by Gasteiger charge is 2.23. The molecule has 8 nitrogen and oxygen atoms in total. The van der Waals surface area contributed by atoms with Crippen LogP contribution in [0.2, 0.25) is 0 Å². The Hall–Kier alpha value is -1.67. The number of rotatable bonds is 4. The van der Waals surface area contributed by atoms with Gasteiger partial charge >= 0.3 is 6.01 Å². The molecule has 0 atom stereocenters. The van der Waals surface area contributed by atoms with Crippen LogP contribution < -0.4 is 20.9 Å². The predicted octanol–water partition coefficient (Wildman–Crippen LogP) is -0.0749. The summed E-state index contributed by atoms with van der Waals surface area (Å²) < 4.78 is 10.7. The van der Waals surface area contributed by atoms with Crippen LogP contribution in [-0.2, 0) is 4.74 Å². The highest BCUT2D eigenvalue weighted by Crippen LogP contribution is 2.20. The lowest BCUT2D eigenvalue weighted by molar-refractivity contribution is -0.0831. The molecular formula is C11H18N6O2. The molecule has 0 saturated carbocycles. The van der Waals surface area contributed by atoms with E-state index in [2.05, 4.69) is 25.3 Å². The SMILES string of the molecule is NNc1nc(OC2COC2)nc(N2CCCCC2)n1. The number of anilines is 2. The van der Waals surface area contributed by atoms with Crippen LogP contribution in [0.25, 0.3) is 0 Å². The van der Waals surface area contributed by atoms with Crippen LogP contribution in [0, 0.1) is 0 Å². The topological polar surface area (TPSA) is 98.4 Å². The van der Waals surface area contributed by atoms with Crippen LogP contribution in [0.4, 0.5) is 11.9 Å². The second kappa shape index (κ2) is 5.54. The van der Waals surface area contributed by atoms with Crippen molar-refractivity contribution in [3.63, 3.8) is 0 Å². The number of nitrogens with two attached hydrogens (primary N) is 1. The Morgan fingerprint density at radius 3 is 2.58 bits per heavy atom. The third-order valence-corrected chi connectivity index (χ3v) is 3.25. The summed E-state index contributed by atoms with van der Waals surface area (Å²) in [4.78, 5) is 14.9. The lowest BCUT2D eigenvalue weighted by Crippen LogP contribution is -2.39. The largest absolute Gasteiger partial charge is 0.455 e. The molecule has 2 aliphatic heterocycles. The molecule has 8 heteroatoms. The quantitative estimate of drug-likeness (QED) is 0.577. The first kappa shape index (κ1) is 12.4. The molecule has 0 aromatic carbocycles. The summed E-state index contributed by atoms with van der Waals surface area (Å²) >= 11 is 0. The third-order valence-electron chi connectivity index (χ3n) is 3.25. The number of hydrogen-bond donors (Lipinski definition) is 2. The first-order valence-electron chi connectivity index (χ1n) is 6.57. The number of piperidine rings is 1. The Labute approximate surface area is 111 Å². The fraction of sp³-hybridized carbons (Fsp3) is 0.727. The van der Waals surface area contributed by atoms with Gasteiger partial charge in [0.25, 0.3) is 0 Å². The van der Waals surface area contributed by atoms with Gasteiger partial charge in [-0.2, -0.15) is 15.0 Å². The summed E-state index contributed by atoms with van der Waals surface area (Å²) in [5.41, 5.74) is 2.46. The van der Waals surface area contributed by atoms with E-state index in [9.17, 15) is 0 Å². The Kier molecular flexibility index (Phi) is 3.60. The number of nitrogen functional groups attached to an aromatic ring is 1. The molecule has 104 valence electrons. The molecule has 1 aromatic heterocycles. The first-order chi connectivity index (χ1) is 9.35. The maximum absolute atomic E-state index is 5.61. The Morgan fingerprint density at radius 1 is 1.16 bits per heavy atom. The predicted molar refractivity (Wildman–Crippen MR) is 68.9 cm³/mol. The Balaban J connectivity index is 1.78. The zero-order valence-electron chi connectivity index (χ0n) is 10.7. The van der Waals surface area contributed by atoms with Crippen molar-refractivity contribution in [2.75, 3.05) is 36.6 Å². The molecule has 3 rings (SSSR count). The van der Waals surface area contributed by atoms with Gasteiger partial charge in [0.1, 0.15) is 6.10 Å². The van der Waals surface area contributed by atoms with Gasteiger partial charge < -0.3 is 14.4 Å². The van der Waals surface area contributed by atoms with Gasteiger partial charge in [-0.1, -0.05) is 0 Å². The van der Waals surface area contributed by atoms with Crippen molar-refractivity contribution in [3.8, 4) is 6.01 Å². The summed E-state index contributed by atoms with van der Waals surface area (Å²) in [5, 5.41) is 0. The van der Waals surface area contributed by atoms with Gasteiger partial charge in [0.05, 0.1) is 13.2 Å². The van der Waals surface area contributed by atoms with E-state index < -0.39 is 0 Å². The summed E-state index contributed by atoms with van der Waals surface area (Å²) in [5.74, 6) is 6.34. The Bertz CT molecular complexity index is 433. The average molecular weight is 266 g/mol. The minimum atomic E-state index is 0.0298. The van der Waals surface area contributed by atoms with E-state index >= 15 is 0 Å². The lowest BCUT2D eigenvalue weighted by atomic mass is 10.1. The highest BCUT2D eigenvalue weighted by atomic mass is 16.6. The standard InChI is InChI=1S/C11H18N6O2/c12-16-9-13-10(17-4-2-1-3-5-17)15-11(14-9)19-8-6-18-7-8/h8H,1-7,12H2,(H,13,14,15,16). The van der Waals surface area contributed by atoms with Gasteiger partial charge in [-0.25, -0.2) is 5.84 Å². The highest BCUT2D eigenvalue weighted by molar-refractivity contribution is 5.38. The molecule has 1 aromatic rings. The number of aromatic nitrogens is 3. The molecular weight excluding hydrogens is 248 g/mol. The smallest absolute Gasteiger partial charge is 0.323 e. The maximum Gasteiger partial charge on any atom is 0.323 e. The maximum atomic E-state index is 5.61. The van der Waals surface area contributed by atoms with Crippen LogP contribution in [0.5, 0.6) is 6.01 Å². The van der Waals surface area contributed by atoms with E-state index in [-0.39, 0.29) is 6.10 Å². The van der Waals surface area contributed by atoms with Crippen molar-refractivity contribution in [1.29, 1.82) is 0 Å². The number of nitrogens with zero attached hydrogens (tertiary/aromatic N) is 4. The minimum Gasteiger partial charge on any atom is -0.455 e. The van der Waals surface area contributed by atoms with Crippen molar-refractivity contribution in [3.05, 3.63) is 0 Å². The second-order valence-corrected chi connectivity index (χ2v) is 4.71. The van der Waals surface area contributed by atoms with Gasteiger partial charge in [0.2, 0.25) is 11.9 Å². The zero-order valence-corrected chi connectivity index (χ0v) is 10.7. The van der Waals surface area contributed by atoms with E-state index in [4.69, 9.17) is 15.3 Å². The van der Waals surface area contributed by atoms with Crippen LogP contribution in [0.3, 0.4) is 0 Å². The van der Waals surface area contributed by atoms with Crippen molar-refractivity contribution in [2.24, 2.45) is 5.84 Å². The van der Waals surface area contributed by atoms with Gasteiger partial charge in [-0.15, -0.1) is 0 Å². The molecule has 0 unspecified atom stereocenters. The molecule has 0 bridgehead atoms. The van der Waals surface area contributed by atoms with Crippen LogP contribution in [-0.4, -0.2) is 47.4 Å². The fourth-order valence-electron chi connectivity index (χ4n) is 2.13. The molecule has 2 aliphatic rings. The molecule has 2 fully saturated rings. The lowest BCUT2D eigenvalue weighted by Gasteiger charge is -2.28. The summed E-state index contributed by atoms with van der Waals surface area (Å²) in [6.07, 6.45) is 3.60. The van der Waals surface area contributed by atoms with E-state index in [1.54, 1.807) is 0 Å². The van der Waals surface area contributed by atoms with Crippen LogP contribution in [0.1, 0.15) is 19.3 Å². The van der Waals surface area contributed by atoms with E-state index in [1.807, 2.05) is 0 Å². The third kappa shape index (κ3) is 2.85. The molecule has 3 heterocycles. The summed E-state index contributed by atoms with van der Waals surface area (Å²) in [6.45, 7) is 3.08. The monoisotopic (exact) mass is 266 g/mol. The molecule has 0 aliphatic carbocycles. The van der Waals surface area contributed by atoms with Crippen LogP contribution in [0.15, 0.2) is 0 Å². The van der Waals surface area contributed by atoms with Crippen molar-refractivity contribution in [2.45, 2.75) is 25.4 Å². The zero-order chi connectivity index (χ0) is 13.1. The number of ether oxygens (including phenoxy) is 2. The van der Waals surface area contributed by atoms with Gasteiger partial charge in [-0.3, -0.25) is 5.43 Å². The molecule has 0 amide bonds. The van der Waals surface area contributed by atoms with Crippen LogP contribution >= 0.6 is 0 Å². The molecule has 0 radical (unpaired) electrons. The van der Waals surface area contributed by atoms with Gasteiger partial charge in [0.15, 0.2) is 0 Å². The van der Waals surface area contributed by atoms with E-state index in [0.717, 1.165) is 25.9 Å². The van der Waals surface area contributed by atoms with E-state index in [0.29, 0.717) is 31.1 Å². The van der Waals surface area contributed by atoms with Gasteiger partial charge in [-0.05, 0) is 19.3 Å². The minimum absolute atomic E-state index is 0.0298. The second-order valence-electron chi connectivity index (χ2n) is 4.71. The normalized spacial score (nSPS) is 19.9. The molecule has 2 saturated heterocycles. The van der Waals surface area contributed by atoms with Gasteiger partial charge in [0, 0.05) is 13.1 Å². The molecule has 3 N–H and O–H groups in total. The van der Waals surface area contributed by atoms with Crippen molar-refractivity contribution < 1.29 is 9.47 Å². The first-order valence-corrected chi connectivity index (χ1v) is 6.57. The average Bonchev–Trinajstić information content (AvgIpc) is 2.43.